The second kappa shape index (κ2) is 9.73. The van der Waals surface area contributed by atoms with Crippen molar-refractivity contribution in [3.05, 3.63) is 51.7 Å². The number of benzene rings is 1. The molecule has 5 nitrogen and oxygen atoms in total. The van der Waals surface area contributed by atoms with E-state index in [4.69, 9.17) is 16.6 Å². The first-order valence-electron chi connectivity index (χ1n) is 10.6. The molecule has 0 aliphatic carbocycles. The van der Waals surface area contributed by atoms with E-state index in [1.807, 2.05) is 18.7 Å². The van der Waals surface area contributed by atoms with Crippen LogP contribution in [0.2, 0.25) is 5.02 Å². The zero-order valence-electron chi connectivity index (χ0n) is 18.2. The maximum absolute atomic E-state index is 14.5. The second-order valence-electron chi connectivity index (χ2n) is 8.22. The Kier molecular flexibility index (Phi) is 7.29. The third-order valence-electron chi connectivity index (χ3n) is 5.45. The van der Waals surface area contributed by atoms with E-state index in [0.29, 0.717) is 61.3 Å². The number of rotatable bonds is 6. The summed E-state index contributed by atoms with van der Waals surface area (Å²) < 4.78 is 14.5. The van der Waals surface area contributed by atoms with Crippen molar-refractivity contribution in [1.29, 1.82) is 0 Å². The van der Waals surface area contributed by atoms with Gasteiger partial charge in [0.25, 0.3) is 0 Å². The topological polar surface area (TPSA) is 49.3 Å². The maximum Gasteiger partial charge on any atom is 0.222 e. The summed E-state index contributed by atoms with van der Waals surface area (Å²) in [5.41, 5.74) is 2.29. The van der Waals surface area contributed by atoms with Crippen LogP contribution < -0.4 is 4.90 Å². The van der Waals surface area contributed by atoms with Crippen LogP contribution in [0.4, 0.5) is 10.2 Å². The fourth-order valence-electron chi connectivity index (χ4n) is 3.90. The zero-order valence-corrected chi connectivity index (χ0v) is 19.0. The van der Waals surface area contributed by atoms with E-state index in [9.17, 15) is 9.18 Å². The molecule has 3 rings (SSSR count). The van der Waals surface area contributed by atoms with Gasteiger partial charge < -0.3 is 9.80 Å². The quantitative estimate of drug-likeness (QED) is 0.677. The zero-order chi connectivity index (χ0) is 21.8. The first-order valence-corrected chi connectivity index (χ1v) is 11.0. The van der Waals surface area contributed by atoms with E-state index < -0.39 is 0 Å². The third kappa shape index (κ3) is 5.09. The summed E-state index contributed by atoms with van der Waals surface area (Å²) in [6.07, 6.45) is 1.64. The minimum atomic E-state index is -0.319. The molecule has 1 fully saturated rings. The lowest BCUT2D eigenvalue weighted by Crippen LogP contribution is -2.49. The molecular formula is C23H30ClFN4O. The van der Waals surface area contributed by atoms with Gasteiger partial charge in [-0.15, -0.1) is 0 Å². The van der Waals surface area contributed by atoms with Gasteiger partial charge in [0.05, 0.1) is 0 Å². The molecule has 0 spiro atoms. The van der Waals surface area contributed by atoms with Gasteiger partial charge in [-0.2, -0.15) is 0 Å². The minimum Gasteiger partial charge on any atom is -0.353 e. The molecule has 2 aromatic rings. The Bertz CT molecular complexity index is 890. The molecule has 0 saturated carbocycles. The lowest BCUT2D eigenvalue weighted by Gasteiger charge is -2.37. The van der Waals surface area contributed by atoms with Gasteiger partial charge in [0, 0.05) is 60.9 Å². The van der Waals surface area contributed by atoms with Crippen LogP contribution in [-0.4, -0.2) is 47.0 Å². The number of aryl methyl sites for hydroxylation is 2. The molecule has 0 N–H and O–H groups in total. The van der Waals surface area contributed by atoms with E-state index in [1.165, 1.54) is 6.07 Å². The van der Waals surface area contributed by atoms with E-state index in [2.05, 4.69) is 23.7 Å². The van der Waals surface area contributed by atoms with Gasteiger partial charge in [0.15, 0.2) is 0 Å². The van der Waals surface area contributed by atoms with E-state index in [1.54, 1.807) is 12.1 Å². The van der Waals surface area contributed by atoms with Gasteiger partial charge in [-0.25, -0.2) is 14.4 Å². The molecule has 1 aliphatic heterocycles. The Labute approximate surface area is 183 Å². The summed E-state index contributed by atoms with van der Waals surface area (Å²) in [6, 6.07) is 4.75. The second-order valence-corrected chi connectivity index (χ2v) is 8.62. The highest BCUT2D eigenvalue weighted by molar-refractivity contribution is 6.31. The van der Waals surface area contributed by atoms with Gasteiger partial charge in [0.1, 0.15) is 17.5 Å². The average molecular weight is 433 g/mol. The van der Waals surface area contributed by atoms with Crippen LogP contribution in [0.25, 0.3) is 0 Å². The third-order valence-corrected chi connectivity index (χ3v) is 5.80. The molecule has 162 valence electrons. The average Bonchev–Trinajstić information content (AvgIpc) is 2.70. The number of anilines is 1. The lowest BCUT2D eigenvalue weighted by atomic mass is 10.0. The molecule has 1 aliphatic rings. The number of nitrogens with zero attached hydrogens (tertiary/aromatic N) is 4. The standard InChI is InChI=1S/C23H30ClFN4O/c1-5-21-18(14-17-19(24)7-6-8-20(17)25)23(27-16(4)26-21)29-11-9-28(10-12-29)22(30)13-15(2)3/h6-8,15H,5,9-14H2,1-4H3. The van der Waals surface area contributed by atoms with Gasteiger partial charge >= 0.3 is 0 Å². The van der Waals surface area contributed by atoms with Crippen LogP contribution in [0.3, 0.4) is 0 Å². The van der Waals surface area contributed by atoms with Crippen molar-refractivity contribution in [3.63, 3.8) is 0 Å². The molecule has 30 heavy (non-hydrogen) atoms. The van der Waals surface area contributed by atoms with Crippen molar-refractivity contribution in [2.45, 2.75) is 47.0 Å². The normalized spacial score (nSPS) is 14.5. The Morgan fingerprint density at radius 2 is 1.87 bits per heavy atom. The van der Waals surface area contributed by atoms with E-state index >= 15 is 0 Å². The molecule has 1 saturated heterocycles. The highest BCUT2D eigenvalue weighted by Crippen LogP contribution is 2.29. The number of hydrogen-bond donors (Lipinski definition) is 0. The summed E-state index contributed by atoms with van der Waals surface area (Å²) in [5.74, 6) is 1.76. The van der Waals surface area contributed by atoms with Crippen molar-refractivity contribution < 1.29 is 9.18 Å². The predicted octanol–water partition coefficient (Wildman–Crippen LogP) is 4.43. The number of hydrogen-bond acceptors (Lipinski definition) is 4. The van der Waals surface area contributed by atoms with Gasteiger partial charge in [0.2, 0.25) is 5.91 Å². The Morgan fingerprint density at radius 1 is 1.17 bits per heavy atom. The number of piperazine rings is 1. The van der Waals surface area contributed by atoms with E-state index in [0.717, 1.165) is 23.5 Å². The molecule has 0 atom stereocenters. The fraction of sp³-hybridized carbons (Fsp3) is 0.522. The molecule has 2 heterocycles. The van der Waals surface area contributed by atoms with Crippen LogP contribution in [-0.2, 0) is 17.6 Å². The number of carbonyl (C=O) groups excluding carboxylic acids is 1. The Hall–Kier alpha value is -2.21. The molecule has 7 heteroatoms. The number of amides is 1. The largest absolute Gasteiger partial charge is 0.353 e. The molecule has 1 aromatic carbocycles. The summed E-state index contributed by atoms with van der Waals surface area (Å²) in [4.78, 5) is 25.9. The van der Waals surface area contributed by atoms with Crippen LogP contribution >= 0.6 is 11.6 Å². The summed E-state index contributed by atoms with van der Waals surface area (Å²) in [5, 5.41) is 0.410. The Morgan fingerprint density at radius 3 is 2.47 bits per heavy atom. The van der Waals surface area contributed by atoms with Crippen molar-refractivity contribution in [2.75, 3.05) is 31.1 Å². The molecule has 0 unspecified atom stereocenters. The molecular weight excluding hydrogens is 403 g/mol. The SMILES string of the molecule is CCc1nc(C)nc(N2CCN(C(=O)CC(C)C)CC2)c1Cc1c(F)cccc1Cl. The predicted molar refractivity (Wildman–Crippen MR) is 119 cm³/mol. The molecule has 1 amide bonds. The lowest BCUT2D eigenvalue weighted by molar-refractivity contribution is -0.132. The molecule has 1 aromatic heterocycles. The number of halogens is 2. The van der Waals surface area contributed by atoms with Crippen molar-refractivity contribution >= 4 is 23.3 Å². The highest BCUT2D eigenvalue weighted by atomic mass is 35.5. The van der Waals surface area contributed by atoms with Gasteiger partial charge in [-0.1, -0.05) is 38.4 Å². The van der Waals surface area contributed by atoms with Crippen LogP contribution in [0.15, 0.2) is 18.2 Å². The van der Waals surface area contributed by atoms with Crippen LogP contribution in [0, 0.1) is 18.7 Å². The Balaban J connectivity index is 1.88. The summed E-state index contributed by atoms with van der Waals surface area (Å²) >= 11 is 6.30. The van der Waals surface area contributed by atoms with Gasteiger partial charge in [-0.3, -0.25) is 4.79 Å². The fourth-order valence-corrected chi connectivity index (χ4v) is 4.13. The molecule has 0 radical (unpaired) electrons. The maximum atomic E-state index is 14.5. The smallest absolute Gasteiger partial charge is 0.222 e. The monoisotopic (exact) mass is 432 g/mol. The van der Waals surface area contributed by atoms with Crippen LogP contribution in [0.1, 0.15) is 49.8 Å². The minimum absolute atomic E-state index is 0.205. The highest BCUT2D eigenvalue weighted by Gasteiger charge is 2.26. The number of aromatic nitrogens is 2. The van der Waals surface area contributed by atoms with Gasteiger partial charge in [-0.05, 0) is 31.4 Å². The van der Waals surface area contributed by atoms with Crippen molar-refractivity contribution in [1.82, 2.24) is 14.9 Å². The first kappa shape index (κ1) is 22.5. The van der Waals surface area contributed by atoms with E-state index in [-0.39, 0.29) is 11.7 Å². The van der Waals surface area contributed by atoms with Crippen LogP contribution in [0.5, 0.6) is 0 Å². The summed E-state index contributed by atoms with van der Waals surface area (Å²) in [6.45, 7) is 10.8. The molecule has 0 bridgehead atoms. The van der Waals surface area contributed by atoms with Crippen molar-refractivity contribution in [3.8, 4) is 0 Å². The number of carbonyl (C=O) groups is 1. The first-order chi connectivity index (χ1) is 14.3. The van der Waals surface area contributed by atoms with Crippen molar-refractivity contribution in [2.24, 2.45) is 5.92 Å². The summed E-state index contributed by atoms with van der Waals surface area (Å²) in [7, 11) is 0.